The van der Waals surface area contributed by atoms with Crippen LogP contribution in [0, 0.1) is 34.0 Å². The molecule has 23 heavy (non-hydrogen) atoms. The third kappa shape index (κ3) is 3.13. The van der Waals surface area contributed by atoms with E-state index in [0.29, 0.717) is 5.69 Å². The van der Waals surface area contributed by atoms with Crippen molar-refractivity contribution in [3.05, 3.63) is 47.7 Å². The molecule has 0 aliphatic heterocycles. The van der Waals surface area contributed by atoms with Crippen LogP contribution in [-0.2, 0) is 0 Å². The van der Waals surface area contributed by atoms with Crippen molar-refractivity contribution in [1.29, 1.82) is 15.8 Å². The number of aromatic nitrogens is 3. The summed E-state index contributed by atoms with van der Waals surface area (Å²) in [5, 5.41) is 45.8. The van der Waals surface area contributed by atoms with Gasteiger partial charge in [-0.3, -0.25) is 4.57 Å². The third-order valence-corrected chi connectivity index (χ3v) is 2.80. The molecular weight excluding hydrogens is 298 g/mol. The van der Waals surface area contributed by atoms with E-state index in [2.05, 4.69) is 15.5 Å². The highest BCUT2D eigenvalue weighted by Gasteiger charge is 2.15. The number of carboxylic acids is 1. The predicted molar refractivity (Wildman–Crippen MR) is 75.8 cm³/mol. The monoisotopic (exact) mass is 305 g/mol. The van der Waals surface area contributed by atoms with Crippen LogP contribution in [0.4, 0.5) is 5.69 Å². The molecule has 9 heteroatoms. The third-order valence-electron chi connectivity index (χ3n) is 2.80. The molecule has 0 saturated heterocycles. The minimum absolute atomic E-state index is 0.0586. The Hall–Kier alpha value is -4.16. The second-order valence-electron chi connectivity index (χ2n) is 4.11. The Bertz CT molecular complexity index is 892. The minimum atomic E-state index is -1.23. The number of aromatic carboxylic acids is 1. The molecular formula is C14H7N7O2. The number of hydrogen-bond acceptors (Lipinski definition) is 7. The first-order valence-electron chi connectivity index (χ1n) is 6.04. The lowest BCUT2D eigenvalue weighted by Crippen LogP contribution is -2.08. The summed E-state index contributed by atoms with van der Waals surface area (Å²) < 4.78 is 1.53. The van der Waals surface area contributed by atoms with Gasteiger partial charge >= 0.3 is 5.97 Å². The lowest BCUT2D eigenvalue weighted by atomic mass is 10.1. The van der Waals surface area contributed by atoms with Crippen molar-refractivity contribution in [3.8, 4) is 23.9 Å². The van der Waals surface area contributed by atoms with Gasteiger partial charge < -0.3 is 10.4 Å². The van der Waals surface area contributed by atoms with Crippen LogP contribution in [-0.4, -0.2) is 25.8 Å². The molecule has 0 spiro atoms. The molecule has 0 bridgehead atoms. The van der Waals surface area contributed by atoms with Crippen molar-refractivity contribution in [2.24, 2.45) is 0 Å². The summed E-state index contributed by atoms with van der Waals surface area (Å²) in [6, 6.07) is 9.12. The van der Waals surface area contributed by atoms with E-state index < -0.39 is 11.5 Å². The van der Waals surface area contributed by atoms with Crippen LogP contribution >= 0.6 is 0 Å². The van der Waals surface area contributed by atoms with E-state index >= 15 is 0 Å². The Morgan fingerprint density at radius 1 is 1.13 bits per heavy atom. The SMILES string of the molecule is N#CC(C#N)=C(C#N)Nc1cc(-n2cnnc2)ccc1C(=O)O. The molecule has 1 aromatic carbocycles. The number of benzene rings is 1. The average Bonchev–Trinajstić information content (AvgIpc) is 3.09. The number of hydrogen-bond donors (Lipinski definition) is 2. The fraction of sp³-hybridized carbons (Fsp3) is 0. The molecule has 2 aromatic rings. The molecule has 2 rings (SSSR count). The van der Waals surface area contributed by atoms with Gasteiger partial charge in [0.25, 0.3) is 0 Å². The zero-order valence-electron chi connectivity index (χ0n) is 11.4. The second kappa shape index (κ2) is 6.53. The number of carbonyl (C=O) groups is 1. The van der Waals surface area contributed by atoms with Crippen molar-refractivity contribution >= 4 is 11.7 Å². The molecule has 0 radical (unpaired) electrons. The Morgan fingerprint density at radius 2 is 1.78 bits per heavy atom. The van der Waals surface area contributed by atoms with E-state index in [9.17, 15) is 9.90 Å². The van der Waals surface area contributed by atoms with E-state index in [4.69, 9.17) is 15.8 Å². The smallest absolute Gasteiger partial charge is 0.337 e. The summed E-state index contributed by atoms with van der Waals surface area (Å²) in [7, 11) is 0. The highest BCUT2D eigenvalue weighted by molar-refractivity contribution is 5.95. The van der Waals surface area contributed by atoms with Crippen molar-refractivity contribution in [2.45, 2.75) is 0 Å². The van der Waals surface area contributed by atoms with Gasteiger partial charge in [0.2, 0.25) is 0 Å². The summed E-state index contributed by atoms with van der Waals surface area (Å²) in [4.78, 5) is 11.3. The Balaban J connectivity index is 2.56. The van der Waals surface area contributed by atoms with Crippen molar-refractivity contribution in [1.82, 2.24) is 14.8 Å². The zero-order valence-corrected chi connectivity index (χ0v) is 11.4. The van der Waals surface area contributed by atoms with Gasteiger partial charge in [-0.25, -0.2) is 4.79 Å². The van der Waals surface area contributed by atoms with E-state index in [0.717, 1.165) is 0 Å². The van der Waals surface area contributed by atoms with Gasteiger partial charge in [0.1, 0.15) is 36.6 Å². The van der Waals surface area contributed by atoms with Crippen molar-refractivity contribution < 1.29 is 9.90 Å². The van der Waals surface area contributed by atoms with E-state index in [1.54, 1.807) is 18.2 Å². The van der Waals surface area contributed by atoms with E-state index in [1.807, 2.05) is 0 Å². The van der Waals surface area contributed by atoms with Gasteiger partial charge in [0.05, 0.1) is 16.9 Å². The summed E-state index contributed by atoms with van der Waals surface area (Å²) in [5.41, 5.74) is -0.305. The van der Waals surface area contributed by atoms with Crippen LogP contribution in [0.3, 0.4) is 0 Å². The van der Waals surface area contributed by atoms with Gasteiger partial charge in [-0.15, -0.1) is 10.2 Å². The number of allylic oxidation sites excluding steroid dienone is 2. The zero-order chi connectivity index (χ0) is 16.8. The van der Waals surface area contributed by atoms with E-state index in [-0.39, 0.29) is 16.9 Å². The fourth-order valence-electron chi connectivity index (χ4n) is 1.73. The average molecular weight is 305 g/mol. The molecule has 0 unspecified atom stereocenters. The highest BCUT2D eigenvalue weighted by Crippen LogP contribution is 2.22. The minimum Gasteiger partial charge on any atom is -0.478 e. The number of nitriles is 3. The fourth-order valence-corrected chi connectivity index (χ4v) is 1.73. The maximum absolute atomic E-state index is 11.3. The van der Waals surface area contributed by atoms with Crippen molar-refractivity contribution in [3.63, 3.8) is 0 Å². The number of carboxylic acid groups (broad SMARTS) is 1. The number of anilines is 1. The van der Waals surface area contributed by atoms with Crippen LogP contribution in [0.5, 0.6) is 0 Å². The van der Waals surface area contributed by atoms with Gasteiger partial charge in [0, 0.05) is 0 Å². The maximum atomic E-state index is 11.3. The van der Waals surface area contributed by atoms with Crippen LogP contribution in [0.15, 0.2) is 42.1 Å². The molecule has 0 fully saturated rings. The summed E-state index contributed by atoms with van der Waals surface area (Å²) in [6.07, 6.45) is 2.83. The first-order chi connectivity index (χ1) is 11.1. The Labute approximate surface area is 129 Å². The quantitative estimate of drug-likeness (QED) is 0.799. The molecule has 0 amide bonds. The molecule has 2 N–H and O–H groups in total. The topological polar surface area (TPSA) is 151 Å². The molecule has 9 nitrogen and oxygen atoms in total. The van der Waals surface area contributed by atoms with Gasteiger partial charge in [0.15, 0.2) is 5.57 Å². The van der Waals surface area contributed by atoms with Crippen molar-refractivity contribution in [2.75, 3.05) is 5.32 Å². The molecule has 0 aliphatic rings. The Morgan fingerprint density at radius 3 is 2.30 bits per heavy atom. The lowest BCUT2D eigenvalue weighted by molar-refractivity contribution is 0.0698. The summed E-state index contributed by atoms with van der Waals surface area (Å²) in [6.45, 7) is 0. The molecule has 0 saturated carbocycles. The first kappa shape index (κ1) is 15.2. The standard InChI is InChI=1S/C14H7N7O2/c15-4-9(5-16)13(6-17)20-12-3-10(21-7-18-19-8-21)1-2-11(12)14(22)23/h1-3,7-8,20H,(H,22,23). The normalized spacial score (nSPS) is 9.09. The summed E-state index contributed by atoms with van der Waals surface area (Å²) in [5.74, 6) is -1.23. The molecule has 1 heterocycles. The second-order valence-corrected chi connectivity index (χ2v) is 4.11. The van der Waals surface area contributed by atoms with Gasteiger partial charge in [-0.2, -0.15) is 15.8 Å². The van der Waals surface area contributed by atoms with E-state index in [1.165, 1.54) is 35.4 Å². The number of nitrogens with zero attached hydrogens (tertiary/aromatic N) is 6. The Kier molecular flexibility index (Phi) is 4.32. The van der Waals surface area contributed by atoms with Crippen LogP contribution in [0.25, 0.3) is 5.69 Å². The molecule has 1 aromatic heterocycles. The molecule has 0 atom stereocenters. The predicted octanol–water partition coefficient (Wildman–Crippen LogP) is 1.20. The lowest BCUT2D eigenvalue weighted by Gasteiger charge is -2.11. The number of rotatable bonds is 4. The highest BCUT2D eigenvalue weighted by atomic mass is 16.4. The first-order valence-corrected chi connectivity index (χ1v) is 6.04. The van der Waals surface area contributed by atoms with Crippen LogP contribution in [0.1, 0.15) is 10.4 Å². The van der Waals surface area contributed by atoms with Crippen LogP contribution in [0.2, 0.25) is 0 Å². The maximum Gasteiger partial charge on any atom is 0.337 e. The van der Waals surface area contributed by atoms with Gasteiger partial charge in [-0.05, 0) is 18.2 Å². The summed E-state index contributed by atoms with van der Waals surface area (Å²) >= 11 is 0. The number of nitrogens with one attached hydrogen (secondary N) is 1. The van der Waals surface area contributed by atoms with Crippen LogP contribution < -0.4 is 5.32 Å². The van der Waals surface area contributed by atoms with Gasteiger partial charge in [-0.1, -0.05) is 0 Å². The largest absolute Gasteiger partial charge is 0.478 e. The molecule has 110 valence electrons. The molecule has 0 aliphatic carbocycles.